The maximum absolute atomic E-state index is 13.6. The standard InChI is InChI=1S/C36H45N5O3/c1-22-9-11-26(12-10-22)30-28-19-23(2)40-17-18-41(35-37-20-27(21-38-35)25-13-15-39(7)16-14-25)31(32(28)40)24(3)29(30)33(34(42)43-8)44-36(4,5)6/h9-12,19-21,25,33H,13-18H2,1-8H3. The molecule has 1 saturated heterocycles. The van der Waals surface area contributed by atoms with E-state index in [2.05, 4.69) is 72.5 Å². The molecular formula is C36H45N5O3. The van der Waals surface area contributed by atoms with Crippen molar-refractivity contribution in [3.05, 3.63) is 70.7 Å². The fourth-order valence-corrected chi connectivity index (χ4v) is 6.96. The number of hydrogen-bond acceptors (Lipinski definition) is 7. The number of aromatic nitrogens is 3. The molecule has 0 N–H and O–H groups in total. The summed E-state index contributed by atoms with van der Waals surface area (Å²) >= 11 is 0. The fraction of sp³-hybridized carbons (Fsp3) is 0.472. The van der Waals surface area contributed by atoms with Crippen LogP contribution in [0.5, 0.6) is 0 Å². The Kier molecular flexibility index (Phi) is 8.01. The van der Waals surface area contributed by atoms with Crippen molar-refractivity contribution in [3.8, 4) is 11.1 Å². The molecule has 2 aliphatic rings. The van der Waals surface area contributed by atoms with Crippen LogP contribution >= 0.6 is 0 Å². The van der Waals surface area contributed by atoms with Crippen molar-refractivity contribution in [1.29, 1.82) is 0 Å². The number of likely N-dealkylation sites (tertiary alicyclic amines) is 1. The van der Waals surface area contributed by atoms with Crippen LogP contribution in [-0.2, 0) is 20.8 Å². The lowest BCUT2D eigenvalue weighted by Crippen LogP contribution is -2.32. The average molecular weight is 596 g/mol. The van der Waals surface area contributed by atoms with Crippen molar-refractivity contribution in [2.75, 3.05) is 38.7 Å². The van der Waals surface area contributed by atoms with E-state index in [1.807, 2.05) is 33.2 Å². The first-order chi connectivity index (χ1) is 21.0. The molecule has 0 radical (unpaired) electrons. The normalized spacial score (nSPS) is 16.9. The van der Waals surface area contributed by atoms with Crippen molar-refractivity contribution < 1.29 is 14.3 Å². The largest absolute Gasteiger partial charge is 0.467 e. The highest BCUT2D eigenvalue weighted by Crippen LogP contribution is 2.49. The summed E-state index contributed by atoms with van der Waals surface area (Å²) < 4.78 is 14.3. The maximum atomic E-state index is 13.6. The van der Waals surface area contributed by atoms with E-state index < -0.39 is 17.7 Å². The van der Waals surface area contributed by atoms with Crippen LogP contribution in [0.25, 0.3) is 22.0 Å². The Morgan fingerprint density at radius 3 is 2.25 bits per heavy atom. The van der Waals surface area contributed by atoms with Gasteiger partial charge < -0.3 is 23.8 Å². The van der Waals surface area contributed by atoms with Crippen LogP contribution in [0.3, 0.4) is 0 Å². The van der Waals surface area contributed by atoms with E-state index >= 15 is 0 Å². The van der Waals surface area contributed by atoms with Crippen molar-refractivity contribution >= 4 is 28.5 Å². The van der Waals surface area contributed by atoms with Gasteiger partial charge in [-0.15, -0.1) is 0 Å². The topological polar surface area (TPSA) is 72.7 Å². The molecule has 4 heterocycles. The van der Waals surface area contributed by atoms with Gasteiger partial charge in [-0.1, -0.05) is 29.8 Å². The molecule has 0 amide bonds. The van der Waals surface area contributed by atoms with Gasteiger partial charge >= 0.3 is 5.97 Å². The van der Waals surface area contributed by atoms with Crippen molar-refractivity contribution in [3.63, 3.8) is 0 Å². The van der Waals surface area contributed by atoms with Crippen LogP contribution in [0.4, 0.5) is 11.6 Å². The van der Waals surface area contributed by atoms with E-state index in [0.29, 0.717) is 11.9 Å². The molecule has 2 aromatic heterocycles. The average Bonchev–Trinajstić information content (AvgIpc) is 3.34. The van der Waals surface area contributed by atoms with Gasteiger partial charge in [0, 0.05) is 42.1 Å². The molecule has 8 nitrogen and oxygen atoms in total. The summed E-state index contributed by atoms with van der Waals surface area (Å²) in [5, 5.41) is 1.08. The zero-order chi connectivity index (χ0) is 31.3. The summed E-state index contributed by atoms with van der Waals surface area (Å²) in [6.45, 7) is 16.0. The van der Waals surface area contributed by atoms with Crippen LogP contribution in [0.15, 0.2) is 42.7 Å². The zero-order valence-electron chi connectivity index (χ0n) is 27.4. The number of benzene rings is 2. The first kappa shape index (κ1) is 30.3. The Morgan fingerprint density at radius 2 is 1.64 bits per heavy atom. The van der Waals surface area contributed by atoms with Crippen LogP contribution in [0, 0.1) is 20.8 Å². The summed E-state index contributed by atoms with van der Waals surface area (Å²) in [5.41, 5.74) is 8.96. The molecule has 8 heteroatoms. The molecule has 2 aliphatic heterocycles. The lowest BCUT2D eigenvalue weighted by Gasteiger charge is -2.35. The molecule has 232 valence electrons. The van der Waals surface area contributed by atoms with Crippen LogP contribution in [-0.4, -0.2) is 64.8 Å². The lowest BCUT2D eigenvalue weighted by molar-refractivity contribution is -0.164. The maximum Gasteiger partial charge on any atom is 0.339 e. The molecule has 44 heavy (non-hydrogen) atoms. The second-order valence-electron chi connectivity index (χ2n) is 13.5. The fourth-order valence-electron chi connectivity index (χ4n) is 6.96. The number of methoxy groups -OCH3 is 1. The predicted molar refractivity (Wildman–Crippen MR) is 176 cm³/mol. The molecule has 0 bridgehead atoms. The Morgan fingerprint density at radius 1 is 0.977 bits per heavy atom. The minimum Gasteiger partial charge on any atom is -0.467 e. The number of carbonyl (C=O) groups excluding carboxylic acids is 1. The number of anilines is 2. The molecule has 1 unspecified atom stereocenters. The van der Waals surface area contributed by atoms with E-state index in [9.17, 15) is 4.79 Å². The monoisotopic (exact) mass is 595 g/mol. The Balaban J connectivity index is 1.57. The molecule has 2 aromatic carbocycles. The second kappa shape index (κ2) is 11.6. The molecule has 6 rings (SSSR count). The number of piperidine rings is 1. The van der Waals surface area contributed by atoms with E-state index in [4.69, 9.17) is 19.4 Å². The summed E-state index contributed by atoms with van der Waals surface area (Å²) in [6, 6.07) is 10.8. The number of hydrogen-bond donors (Lipinski definition) is 0. The minimum atomic E-state index is -0.919. The number of rotatable bonds is 6. The number of esters is 1. The number of aryl methyl sites for hydroxylation is 2. The van der Waals surface area contributed by atoms with Gasteiger partial charge in [0.15, 0.2) is 6.10 Å². The first-order valence-electron chi connectivity index (χ1n) is 15.7. The van der Waals surface area contributed by atoms with Crippen molar-refractivity contribution in [2.45, 2.75) is 78.6 Å². The van der Waals surface area contributed by atoms with Gasteiger partial charge in [-0.2, -0.15) is 0 Å². The Labute approximate surface area is 261 Å². The Hall–Kier alpha value is -3.75. The van der Waals surface area contributed by atoms with Gasteiger partial charge in [0.05, 0.1) is 23.9 Å². The molecule has 1 fully saturated rings. The molecule has 0 aliphatic carbocycles. The highest BCUT2D eigenvalue weighted by molar-refractivity contribution is 6.08. The number of ether oxygens (including phenoxy) is 2. The summed E-state index contributed by atoms with van der Waals surface area (Å²) in [5.74, 6) is 0.752. The minimum absolute atomic E-state index is 0.416. The highest BCUT2D eigenvalue weighted by Gasteiger charge is 2.37. The van der Waals surface area contributed by atoms with Crippen LogP contribution < -0.4 is 4.90 Å². The smallest absolute Gasteiger partial charge is 0.339 e. The third kappa shape index (κ3) is 5.50. The van der Waals surface area contributed by atoms with E-state index in [-0.39, 0.29) is 0 Å². The van der Waals surface area contributed by atoms with E-state index in [1.54, 1.807) is 0 Å². The van der Waals surface area contributed by atoms with Crippen LogP contribution in [0.2, 0.25) is 0 Å². The highest BCUT2D eigenvalue weighted by atomic mass is 16.6. The summed E-state index contributed by atoms with van der Waals surface area (Å²) in [7, 11) is 3.61. The predicted octanol–water partition coefficient (Wildman–Crippen LogP) is 7.01. The zero-order valence-corrected chi connectivity index (χ0v) is 27.4. The van der Waals surface area contributed by atoms with Gasteiger partial charge in [-0.05, 0) is 109 Å². The van der Waals surface area contributed by atoms with Crippen molar-refractivity contribution in [2.24, 2.45) is 0 Å². The molecule has 0 spiro atoms. The van der Waals surface area contributed by atoms with E-state index in [0.717, 1.165) is 77.9 Å². The number of nitrogens with zero attached hydrogens (tertiary/aromatic N) is 5. The Bertz CT molecular complexity index is 1680. The summed E-state index contributed by atoms with van der Waals surface area (Å²) in [4.78, 5) is 28.1. The quantitative estimate of drug-likeness (QED) is 0.222. The second-order valence-corrected chi connectivity index (χ2v) is 13.5. The van der Waals surface area contributed by atoms with E-state index in [1.165, 1.54) is 23.9 Å². The molecular weight excluding hydrogens is 550 g/mol. The van der Waals surface area contributed by atoms with Gasteiger partial charge in [-0.25, -0.2) is 14.8 Å². The van der Waals surface area contributed by atoms with Crippen molar-refractivity contribution in [1.82, 2.24) is 19.4 Å². The third-order valence-corrected chi connectivity index (χ3v) is 9.22. The molecule has 0 saturated carbocycles. The molecule has 1 atom stereocenters. The molecule has 4 aromatic rings. The van der Waals surface area contributed by atoms with Gasteiger partial charge in [0.25, 0.3) is 0 Å². The van der Waals surface area contributed by atoms with Crippen LogP contribution in [0.1, 0.15) is 73.6 Å². The SMILES string of the molecule is COC(=O)C(OC(C)(C)C)c1c(C)c2c3c(cc(C)n3CCN2c2ncc(C3CCN(C)CC3)cn2)c1-c1ccc(C)cc1. The lowest BCUT2D eigenvalue weighted by atomic mass is 9.87. The number of carbonyl (C=O) groups is 1. The third-order valence-electron chi connectivity index (χ3n) is 9.22. The van der Waals surface area contributed by atoms with Gasteiger partial charge in [0.1, 0.15) is 0 Å². The first-order valence-corrected chi connectivity index (χ1v) is 15.7. The van der Waals surface area contributed by atoms with Gasteiger partial charge in [0.2, 0.25) is 5.95 Å². The van der Waals surface area contributed by atoms with Gasteiger partial charge in [-0.3, -0.25) is 0 Å². The summed E-state index contributed by atoms with van der Waals surface area (Å²) in [6.07, 6.45) is 5.37.